The van der Waals surface area contributed by atoms with Crippen LogP contribution in [-0.2, 0) is 6.18 Å². The van der Waals surface area contributed by atoms with Crippen molar-refractivity contribution >= 4 is 35.1 Å². The average Bonchev–Trinajstić information content (AvgIpc) is 3.07. The molecular formula is C18H16ClF3N2OS. The number of halogens is 4. The molecule has 0 saturated carbocycles. The third kappa shape index (κ3) is 4.10. The Labute approximate surface area is 158 Å². The van der Waals surface area contributed by atoms with Crippen LogP contribution in [0.2, 0.25) is 5.02 Å². The highest BCUT2D eigenvalue weighted by molar-refractivity contribution is 7.99. The third-order valence-electron chi connectivity index (χ3n) is 4.07. The van der Waals surface area contributed by atoms with E-state index in [2.05, 4.69) is 5.32 Å². The number of anilines is 1. The molecule has 0 aromatic heterocycles. The molecule has 2 amide bonds. The molecule has 1 atom stereocenters. The molecule has 0 unspecified atom stereocenters. The number of aryl methyl sites for hydroxylation is 1. The van der Waals surface area contributed by atoms with E-state index in [1.54, 1.807) is 24.3 Å². The number of rotatable bonds is 2. The number of amides is 2. The number of benzene rings is 2. The highest BCUT2D eigenvalue weighted by Crippen LogP contribution is 2.40. The van der Waals surface area contributed by atoms with E-state index < -0.39 is 17.1 Å². The summed E-state index contributed by atoms with van der Waals surface area (Å²) < 4.78 is 38.9. The minimum atomic E-state index is -4.41. The zero-order chi connectivity index (χ0) is 18.9. The first-order valence-electron chi connectivity index (χ1n) is 7.88. The maximum absolute atomic E-state index is 13.0. The summed E-state index contributed by atoms with van der Waals surface area (Å²) in [5, 5.41) is 2.84. The van der Waals surface area contributed by atoms with Crippen molar-refractivity contribution in [3.05, 3.63) is 64.2 Å². The Morgan fingerprint density at radius 1 is 1.27 bits per heavy atom. The van der Waals surface area contributed by atoms with Crippen LogP contribution in [0.1, 0.15) is 22.1 Å². The van der Waals surface area contributed by atoms with Crippen LogP contribution in [0, 0.1) is 6.92 Å². The highest BCUT2D eigenvalue weighted by Gasteiger charge is 2.34. The minimum absolute atomic E-state index is 0.364. The Balaban J connectivity index is 1.79. The van der Waals surface area contributed by atoms with Crippen LogP contribution in [-0.4, -0.2) is 23.2 Å². The molecule has 1 saturated heterocycles. The summed E-state index contributed by atoms with van der Waals surface area (Å²) in [5.74, 6) is 0.656. The molecule has 138 valence electrons. The molecule has 8 heteroatoms. The molecule has 1 fully saturated rings. The molecular weight excluding hydrogens is 385 g/mol. The Kier molecular flexibility index (Phi) is 5.39. The van der Waals surface area contributed by atoms with Crippen LogP contribution in [0.15, 0.2) is 42.5 Å². The van der Waals surface area contributed by atoms with Crippen LogP contribution in [0.4, 0.5) is 23.7 Å². The fraction of sp³-hybridized carbons (Fsp3) is 0.278. The Bertz CT molecular complexity index is 828. The second-order valence-electron chi connectivity index (χ2n) is 5.93. The van der Waals surface area contributed by atoms with E-state index in [4.69, 9.17) is 11.6 Å². The summed E-state index contributed by atoms with van der Waals surface area (Å²) in [6, 6.07) is 9.93. The van der Waals surface area contributed by atoms with E-state index in [0.29, 0.717) is 28.6 Å². The lowest BCUT2D eigenvalue weighted by Crippen LogP contribution is -2.34. The van der Waals surface area contributed by atoms with Gasteiger partial charge in [-0.25, -0.2) is 4.79 Å². The topological polar surface area (TPSA) is 32.3 Å². The first-order valence-corrected chi connectivity index (χ1v) is 9.31. The van der Waals surface area contributed by atoms with Crippen molar-refractivity contribution in [2.45, 2.75) is 18.5 Å². The van der Waals surface area contributed by atoms with Crippen LogP contribution < -0.4 is 5.32 Å². The molecule has 1 N–H and O–H groups in total. The number of nitrogens with one attached hydrogen (secondary N) is 1. The van der Waals surface area contributed by atoms with Crippen molar-refractivity contribution in [1.29, 1.82) is 0 Å². The molecule has 0 bridgehead atoms. The number of alkyl halides is 3. The molecule has 1 aliphatic heterocycles. The lowest BCUT2D eigenvalue weighted by atomic mass is 10.1. The largest absolute Gasteiger partial charge is 0.416 e. The van der Waals surface area contributed by atoms with E-state index in [1.807, 2.05) is 6.92 Å². The normalized spacial score (nSPS) is 17.4. The predicted octanol–water partition coefficient (Wildman–Crippen LogP) is 5.95. The van der Waals surface area contributed by atoms with Crippen molar-refractivity contribution in [3.63, 3.8) is 0 Å². The Morgan fingerprint density at radius 3 is 2.73 bits per heavy atom. The number of urea groups is 1. The van der Waals surface area contributed by atoms with E-state index in [1.165, 1.54) is 22.7 Å². The van der Waals surface area contributed by atoms with Crippen molar-refractivity contribution in [2.75, 3.05) is 17.6 Å². The van der Waals surface area contributed by atoms with Gasteiger partial charge in [-0.15, -0.1) is 11.8 Å². The Hall–Kier alpha value is -1.86. The van der Waals surface area contributed by atoms with Crippen LogP contribution >= 0.6 is 23.4 Å². The molecule has 3 rings (SSSR count). The molecule has 3 nitrogen and oxygen atoms in total. The second kappa shape index (κ2) is 7.40. The van der Waals surface area contributed by atoms with Gasteiger partial charge >= 0.3 is 12.2 Å². The minimum Gasteiger partial charge on any atom is -0.308 e. The number of thioether (sulfide) groups is 1. The van der Waals surface area contributed by atoms with Gasteiger partial charge in [0, 0.05) is 23.0 Å². The molecule has 0 radical (unpaired) electrons. The summed E-state index contributed by atoms with van der Waals surface area (Å²) in [5.41, 5.74) is 1.18. The zero-order valence-electron chi connectivity index (χ0n) is 13.8. The van der Waals surface area contributed by atoms with Crippen molar-refractivity contribution in [1.82, 2.24) is 4.90 Å². The highest BCUT2D eigenvalue weighted by atomic mass is 35.5. The number of carbonyl (C=O) groups excluding carboxylic acids is 1. The first-order chi connectivity index (χ1) is 12.3. The SMILES string of the molecule is Cc1ccc(NC(=O)N2CCS[C@@H]2c2cccc(C(F)(F)F)c2)cc1Cl. The van der Waals surface area contributed by atoms with E-state index in [-0.39, 0.29) is 6.03 Å². The van der Waals surface area contributed by atoms with Crippen molar-refractivity contribution in [3.8, 4) is 0 Å². The van der Waals surface area contributed by atoms with Gasteiger partial charge in [-0.1, -0.05) is 29.8 Å². The van der Waals surface area contributed by atoms with Gasteiger partial charge in [-0.3, -0.25) is 0 Å². The monoisotopic (exact) mass is 400 g/mol. The summed E-state index contributed by atoms with van der Waals surface area (Å²) in [6.07, 6.45) is -4.41. The fourth-order valence-electron chi connectivity index (χ4n) is 2.69. The molecule has 1 aliphatic rings. The van der Waals surface area contributed by atoms with Gasteiger partial charge < -0.3 is 10.2 Å². The molecule has 26 heavy (non-hydrogen) atoms. The number of hydrogen-bond donors (Lipinski definition) is 1. The van der Waals surface area contributed by atoms with Gasteiger partial charge in [0.1, 0.15) is 5.37 Å². The summed E-state index contributed by atoms with van der Waals surface area (Å²) in [7, 11) is 0. The first kappa shape index (κ1) is 18.9. The van der Waals surface area contributed by atoms with Gasteiger partial charge in [0.15, 0.2) is 0 Å². The van der Waals surface area contributed by atoms with Gasteiger partial charge in [0.05, 0.1) is 5.56 Å². The maximum atomic E-state index is 13.0. The summed E-state index contributed by atoms with van der Waals surface area (Å²) in [4.78, 5) is 14.1. The van der Waals surface area contributed by atoms with E-state index in [9.17, 15) is 18.0 Å². The zero-order valence-corrected chi connectivity index (χ0v) is 15.4. The van der Waals surface area contributed by atoms with Crippen LogP contribution in [0.5, 0.6) is 0 Å². The quantitative estimate of drug-likeness (QED) is 0.675. The molecule has 2 aromatic rings. The van der Waals surface area contributed by atoms with Crippen molar-refractivity contribution in [2.24, 2.45) is 0 Å². The maximum Gasteiger partial charge on any atom is 0.416 e. The smallest absolute Gasteiger partial charge is 0.308 e. The van der Waals surface area contributed by atoms with Crippen LogP contribution in [0.3, 0.4) is 0 Å². The second-order valence-corrected chi connectivity index (χ2v) is 7.53. The molecule has 2 aromatic carbocycles. The third-order valence-corrected chi connectivity index (χ3v) is 5.74. The van der Waals surface area contributed by atoms with E-state index in [0.717, 1.165) is 17.7 Å². The van der Waals surface area contributed by atoms with E-state index >= 15 is 0 Å². The van der Waals surface area contributed by atoms with Gasteiger partial charge in [0.2, 0.25) is 0 Å². The lowest BCUT2D eigenvalue weighted by Gasteiger charge is -2.25. The lowest BCUT2D eigenvalue weighted by molar-refractivity contribution is -0.137. The van der Waals surface area contributed by atoms with Gasteiger partial charge in [0.25, 0.3) is 0 Å². The summed E-state index contributed by atoms with van der Waals surface area (Å²) >= 11 is 7.51. The number of hydrogen-bond acceptors (Lipinski definition) is 2. The fourth-order valence-corrected chi connectivity index (χ4v) is 4.11. The van der Waals surface area contributed by atoms with Gasteiger partial charge in [-0.05, 0) is 42.3 Å². The number of nitrogens with zero attached hydrogens (tertiary/aromatic N) is 1. The Morgan fingerprint density at radius 2 is 2.04 bits per heavy atom. The number of carbonyl (C=O) groups is 1. The molecule has 1 heterocycles. The van der Waals surface area contributed by atoms with Crippen LogP contribution in [0.25, 0.3) is 0 Å². The predicted molar refractivity (Wildman–Crippen MR) is 98.6 cm³/mol. The average molecular weight is 401 g/mol. The van der Waals surface area contributed by atoms with Crippen molar-refractivity contribution < 1.29 is 18.0 Å². The molecule has 0 spiro atoms. The summed E-state index contributed by atoms with van der Waals surface area (Å²) in [6.45, 7) is 2.31. The molecule has 0 aliphatic carbocycles. The standard InChI is InChI=1S/C18H16ClF3N2OS/c1-11-5-6-14(10-15(11)19)23-17(25)24-7-8-26-16(24)12-3-2-4-13(9-12)18(20,21)22/h2-6,9-10,16H,7-8H2,1H3,(H,23,25)/t16-/m1/s1. The van der Waals surface area contributed by atoms with Gasteiger partial charge in [-0.2, -0.15) is 13.2 Å².